The van der Waals surface area contributed by atoms with Gasteiger partial charge in [0.1, 0.15) is 17.2 Å². The molecule has 0 fully saturated rings. The summed E-state index contributed by atoms with van der Waals surface area (Å²) < 4.78 is 0. The van der Waals surface area contributed by atoms with Crippen LogP contribution in [0.25, 0.3) is 0 Å². The van der Waals surface area contributed by atoms with Gasteiger partial charge in [0.2, 0.25) is 0 Å². The van der Waals surface area contributed by atoms with Gasteiger partial charge < -0.3 is 10.2 Å². The summed E-state index contributed by atoms with van der Waals surface area (Å²) in [5.74, 6) is -0.873. The van der Waals surface area contributed by atoms with Gasteiger partial charge in [-0.2, -0.15) is 0 Å². The van der Waals surface area contributed by atoms with Gasteiger partial charge in [0.05, 0.1) is 11.3 Å². The lowest BCUT2D eigenvalue weighted by Gasteiger charge is -2.18. The molecular formula is C20H12N2O4. The Morgan fingerprint density at radius 2 is 1.31 bits per heavy atom. The zero-order valence-electron chi connectivity index (χ0n) is 13.4. The standard InChI is InChI=1S/C20H12N2O4/c23-11-8-9-15(17(24)10-11)21-22-16-7-3-6-14-18(16)20(26)13-5-2-1-4-12(13)19(14)25/h1-10,23-24H. The summed E-state index contributed by atoms with van der Waals surface area (Å²) in [6, 6.07) is 15.3. The normalized spacial score (nSPS) is 12.9. The quantitative estimate of drug-likeness (QED) is 0.530. The second-order valence-electron chi connectivity index (χ2n) is 5.78. The minimum absolute atomic E-state index is 0.101. The van der Waals surface area contributed by atoms with E-state index in [4.69, 9.17) is 0 Å². The van der Waals surface area contributed by atoms with Crippen LogP contribution in [-0.4, -0.2) is 21.8 Å². The zero-order chi connectivity index (χ0) is 18.3. The number of hydrogen-bond acceptors (Lipinski definition) is 6. The first-order chi connectivity index (χ1) is 12.6. The lowest BCUT2D eigenvalue weighted by atomic mass is 9.83. The fourth-order valence-electron chi connectivity index (χ4n) is 2.91. The molecule has 0 atom stereocenters. The maximum atomic E-state index is 12.9. The summed E-state index contributed by atoms with van der Waals surface area (Å²) in [7, 11) is 0. The number of phenols is 2. The van der Waals surface area contributed by atoms with E-state index in [1.807, 2.05) is 0 Å². The van der Waals surface area contributed by atoms with Crippen molar-refractivity contribution in [1.29, 1.82) is 0 Å². The predicted octanol–water partition coefficient (Wildman–Crippen LogP) is 4.29. The molecule has 0 saturated carbocycles. The topological polar surface area (TPSA) is 99.3 Å². The lowest BCUT2D eigenvalue weighted by Crippen LogP contribution is -2.20. The maximum absolute atomic E-state index is 12.9. The summed E-state index contributed by atoms with van der Waals surface area (Å²) in [6.45, 7) is 0. The van der Waals surface area contributed by atoms with Gasteiger partial charge in [-0.3, -0.25) is 9.59 Å². The van der Waals surface area contributed by atoms with Gasteiger partial charge in [-0.15, -0.1) is 10.2 Å². The molecule has 0 radical (unpaired) electrons. The molecule has 0 spiro atoms. The molecule has 6 nitrogen and oxygen atoms in total. The van der Waals surface area contributed by atoms with Crippen molar-refractivity contribution in [2.75, 3.05) is 0 Å². The van der Waals surface area contributed by atoms with E-state index in [-0.39, 0.29) is 45.6 Å². The second kappa shape index (κ2) is 5.93. The van der Waals surface area contributed by atoms with Crippen LogP contribution in [0.1, 0.15) is 31.8 Å². The second-order valence-corrected chi connectivity index (χ2v) is 5.78. The molecule has 126 valence electrons. The third-order valence-electron chi connectivity index (χ3n) is 4.15. The van der Waals surface area contributed by atoms with Crippen molar-refractivity contribution in [3.63, 3.8) is 0 Å². The van der Waals surface area contributed by atoms with Crippen molar-refractivity contribution in [2.45, 2.75) is 0 Å². The van der Waals surface area contributed by atoms with E-state index in [0.717, 1.165) is 6.07 Å². The van der Waals surface area contributed by atoms with Gasteiger partial charge in [0, 0.05) is 22.8 Å². The Morgan fingerprint density at radius 3 is 2.04 bits per heavy atom. The number of rotatable bonds is 2. The highest BCUT2D eigenvalue weighted by Gasteiger charge is 2.31. The third kappa shape index (κ3) is 2.44. The molecule has 0 unspecified atom stereocenters. The Morgan fingerprint density at radius 1 is 0.654 bits per heavy atom. The van der Waals surface area contributed by atoms with Gasteiger partial charge in [0.15, 0.2) is 11.6 Å². The average Bonchev–Trinajstić information content (AvgIpc) is 2.65. The van der Waals surface area contributed by atoms with Crippen molar-refractivity contribution in [3.8, 4) is 11.5 Å². The van der Waals surface area contributed by atoms with E-state index in [1.54, 1.807) is 42.5 Å². The first-order valence-corrected chi connectivity index (χ1v) is 7.81. The van der Waals surface area contributed by atoms with E-state index in [2.05, 4.69) is 10.2 Å². The number of azo groups is 1. The van der Waals surface area contributed by atoms with E-state index in [0.29, 0.717) is 11.1 Å². The molecule has 3 aromatic carbocycles. The van der Waals surface area contributed by atoms with Gasteiger partial charge in [-0.25, -0.2) is 0 Å². The number of aromatic hydroxyl groups is 2. The minimum Gasteiger partial charge on any atom is -0.508 e. The van der Waals surface area contributed by atoms with Gasteiger partial charge in [-0.1, -0.05) is 36.4 Å². The van der Waals surface area contributed by atoms with Crippen molar-refractivity contribution >= 4 is 22.9 Å². The Bertz CT molecular complexity index is 1100. The van der Waals surface area contributed by atoms with Crippen molar-refractivity contribution in [2.24, 2.45) is 10.2 Å². The summed E-state index contributed by atoms with van der Waals surface area (Å²) in [4.78, 5) is 25.5. The number of hydrogen-bond donors (Lipinski definition) is 2. The van der Waals surface area contributed by atoms with Gasteiger partial charge in [-0.05, 0) is 18.2 Å². The third-order valence-corrected chi connectivity index (χ3v) is 4.15. The van der Waals surface area contributed by atoms with Crippen LogP contribution >= 0.6 is 0 Å². The SMILES string of the molecule is O=C1c2ccccc2C(=O)c2c(N=Nc3ccc(O)cc3O)cccc21. The number of nitrogens with zero attached hydrogens (tertiary/aromatic N) is 2. The fraction of sp³-hybridized carbons (Fsp3) is 0. The zero-order valence-corrected chi connectivity index (χ0v) is 13.4. The molecule has 0 aliphatic heterocycles. The first kappa shape index (κ1) is 15.7. The predicted molar refractivity (Wildman–Crippen MR) is 93.7 cm³/mol. The van der Waals surface area contributed by atoms with E-state index in [9.17, 15) is 19.8 Å². The van der Waals surface area contributed by atoms with Crippen molar-refractivity contribution < 1.29 is 19.8 Å². The molecule has 1 aliphatic rings. The summed E-state index contributed by atoms with van der Waals surface area (Å²) >= 11 is 0. The highest BCUT2D eigenvalue weighted by atomic mass is 16.3. The minimum atomic E-state index is -0.292. The summed E-state index contributed by atoms with van der Waals surface area (Å²) in [5.41, 5.74) is 1.55. The number of fused-ring (bicyclic) bond motifs is 2. The maximum Gasteiger partial charge on any atom is 0.196 e. The number of ketones is 2. The van der Waals surface area contributed by atoms with E-state index in [1.165, 1.54) is 12.1 Å². The lowest BCUT2D eigenvalue weighted by molar-refractivity contribution is 0.0979. The van der Waals surface area contributed by atoms with Gasteiger partial charge in [0.25, 0.3) is 0 Å². The highest BCUT2D eigenvalue weighted by molar-refractivity contribution is 6.29. The molecule has 0 heterocycles. The molecule has 0 saturated heterocycles. The van der Waals surface area contributed by atoms with Crippen LogP contribution in [0.4, 0.5) is 11.4 Å². The molecule has 3 aromatic rings. The highest BCUT2D eigenvalue weighted by Crippen LogP contribution is 2.35. The molecule has 0 aromatic heterocycles. The summed E-state index contributed by atoms with van der Waals surface area (Å²) in [6.07, 6.45) is 0. The molecular weight excluding hydrogens is 332 g/mol. The Balaban J connectivity index is 1.82. The Kier molecular flexibility index (Phi) is 3.58. The average molecular weight is 344 g/mol. The van der Waals surface area contributed by atoms with Crippen LogP contribution in [0.5, 0.6) is 11.5 Å². The number of benzene rings is 3. The molecule has 1 aliphatic carbocycles. The molecule has 26 heavy (non-hydrogen) atoms. The van der Waals surface area contributed by atoms with Crippen LogP contribution in [0, 0.1) is 0 Å². The van der Waals surface area contributed by atoms with Crippen LogP contribution in [0.3, 0.4) is 0 Å². The Labute approximate surface area is 148 Å². The first-order valence-electron chi connectivity index (χ1n) is 7.81. The largest absolute Gasteiger partial charge is 0.508 e. The fourth-order valence-corrected chi connectivity index (χ4v) is 2.91. The number of carbonyl (C=O) groups excluding carboxylic acids is 2. The van der Waals surface area contributed by atoms with E-state index >= 15 is 0 Å². The molecule has 0 bridgehead atoms. The molecule has 2 N–H and O–H groups in total. The van der Waals surface area contributed by atoms with Crippen LogP contribution in [0.15, 0.2) is 70.9 Å². The number of phenolic OH excluding ortho intramolecular Hbond substituents is 2. The van der Waals surface area contributed by atoms with Gasteiger partial charge >= 0.3 is 0 Å². The van der Waals surface area contributed by atoms with Crippen LogP contribution in [-0.2, 0) is 0 Å². The molecule has 0 amide bonds. The van der Waals surface area contributed by atoms with E-state index < -0.39 is 0 Å². The Hall–Kier alpha value is -3.80. The van der Waals surface area contributed by atoms with Crippen LogP contribution in [0.2, 0.25) is 0 Å². The smallest absolute Gasteiger partial charge is 0.196 e. The molecule has 6 heteroatoms. The monoisotopic (exact) mass is 344 g/mol. The van der Waals surface area contributed by atoms with Crippen molar-refractivity contribution in [1.82, 2.24) is 0 Å². The van der Waals surface area contributed by atoms with Crippen molar-refractivity contribution in [3.05, 3.63) is 82.9 Å². The van der Waals surface area contributed by atoms with Crippen LogP contribution < -0.4 is 0 Å². The number of carbonyl (C=O) groups is 2. The summed E-state index contributed by atoms with van der Waals surface area (Å²) in [5, 5.41) is 27.1. The molecule has 4 rings (SSSR count).